The number of nitrogens with one attached hydrogen (secondary N) is 2. The van der Waals surface area contributed by atoms with Crippen LogP contribution in [0.3, 0.4) is 0 Å². The van der Waals surface area contributed by atoms with Gasteiger partial charge >= 0.3 is 5.97 Å². The van der Waals surface area contributed by atoms with Crippen LogP contribution >= 0.6 is 0 Å². The Balaban J connectivity index is 1.74. The maximum Gasteiger partial charge on any atom is 0.337 e. The Kier molecular flexibility index (Phi) is 5.86. The zero-order valence-electron chi connectivity index (χ0n) is 15.4. The normalized spacial score (nSPS) is 10.1. The highest BCUT2D eigenvalue weighted by Gasteiger charge is 2.11. The van der Waals surface area contributed by atoms with Crippen molar-refractivity contribution in [1.82, 2.24) is 4.98 Å². The summed E-state index contributed by atoms with van der Waals surface area (Å²) in [4.78, 5) is 28.3. The number of benzene rings is 2. The molecule has 0 saturated carbocycles. The third-order valence-electron chi connectivity index (χ3n) is 3.89. The topological polar surface area (TPSA) is 89.5 Å². The molecule has 0 aliphatic rings. The zero-order valence-corrected chi connectivity index (χ0v) is 15.4. The number of rotatable bonds is 6. The van der Waals surface area contributed by atoms with E-state index in [1.54, 1.807) is 49.7 Å². The third-order valence-corrected chi connectivity index (χ3v) is 3.89. The van der Waals surface area contributed by atoms with Crippen LogP contribution in [0.2, 0.25) is 0 Å². The highest BCUT2D eigenvalue weighted by molar-refractivity contribution is 6.04. The van der Waals surface area contributed by atoms with Crippen LogP contribution in [-0.2, 0) is 4.74 Å². The van der Waals surface area contributed by atoms with Crippen LogP contribution in [0, 0.1) is 0 Å². The van der Waals surface area contributed by atoms with Gasteiger partial charge < -0.3 is 20.1 Å². The molecule has 3 rings (SSSR count). The number of hydrogen-bond donors (Lipinski definition) is 2. The van der Waals surface area contributed by atoms with E-state index in [1.807, 2.05) is 24.3 Å². The van der Waals surface area contributed by atoms with Crippen LogP contribution in [0.1, 0.15) is 20.8 Å². The van der Waals surface area contributed by atoms with Crippen LogP contribution in [-0.4, -0.2) is 31.1 Å². The second-order valence-electron chi connectivity index (χ2n) is 5.81. The van der Waals surface area contributed by atoms with Gasteiger partial charge in [-0.25, -0.2) is 4.79 Å². The van der Waals surface area contributed by atoms with Crippen molar-refractivity contribution in [2.24, 2.45) is 0 Å². The van der Waals surface area contributed by atoms with Crippen LogP contribution < -0.4 is 15.4 Å². The highest BCUT2D eigenvalue weighted by atomic mass is 16.5. The number of ether oxygens (including phenoxy) is 2. The molecule has 0 spiro atoms. The summed E-state index contributed by atoms with van der Waals surface area (Å²) < 4.78 is 9.89. The van der Waals surface area contributed by atoms with Crippen molar-refractivity contribution in [3.8, 4) is 5.75 Å². The molecule has 1 amide bonds. The number of esters is 1. The molecule has 1 aromatic heterocycles. The first-order valence-electron chi connectivity index (χ1n) is 8.46. The van der Waals surface area contributed by atoms with Crippen LogP contribution in [0.5, 0.6) is 5.75 Å². The molecule has 0 aliphatic carbocycles. The van der Waals surface area contributed by atoms with Crippen LogP contribution in [0.4, 0.5) is 17.1 Å². The highest BCUT2D eigenvalue weighted by Crippen LogP contribution is 2.21. The molecule has 0 fully saturated rings. The van der Waals surface area contributed by atoms with Gasteiger partial charge in [-0.05, 0) is 42.5 Å². The van der Waals surface area contributed by atoms with Gasteiger partial charge in [0.15, 0.2) is 0 Å². The average Bonchev–Trinajstić information content (AvgIpc) is 2.73. The summed E-state index contributed by atoms with van der Waals surface area (Å²) in [5, 5.41) is 5.94. The molecule has 2 N–H and O–H groups in total. The number of nitrogens with zero attached hydrogens (tertiary/aromatic N) is 1. The first kappa shape index (κ1) is 18.9. The van der Waals surface area contributed by atoms with E-state index in [2.05, 4.69) is 20.4 Å². The summed E-state index contributed by atoms with van der Waals surface area (Å²) >= 11 is 0. The van der Waals surface area contributed by atoms with Crippen LogP contribution in [0.25, 0.3) is 0 Å². The maximum atomic E-state index is 12.5. The van der Waals surface area contributed by atoms with Gasteiger partial charge in [-0.15, -0.1) is 0 Å². The zero-order chi connectivity index (χ0) is 19.9. The Morgan fingerprint density at radius 3 is 2.43 bits per heavy atom. The molecule has 3 aromatic rings. The predicted molar refractivity (Wildman–Crippen MR) is 106 cm³/mol. The number of carbonyl (C=O) groups is 2. The molecule has 0 radical (unpaired) electrons. The monoisotopic (exact) mass is 377 g/mol. The minimum atomic E-state index is -0.473. The van der Waals surface area contributed by atoms with E-state index in [0.717, 1.165) is 11.4 Å². The minimum absolute atomic E-state index is 0.233. The molecule has 0 saturated heterocycles. The van der Waals surface area contributed by atoms with E-state index in [-0.39, 0.29) is 5.69 Å². The number of aromatic nitrogens is 1. The lowest BCUT2D eigenvalue weighted by Gasteiger charge is -2.10. The fraction of sp³-hybridized carbons (Fsp3) is 0.0952. The van der Waals surface area contributed by atoms with Crippen LogP contribution in [0.15, 0.2) is 66.9 Å². The fourth-order valence-electron chi connectivity index (χ4n) is 2.54. The molecular weight excluding hydrogens is 358 g/mol. The summed E-state index contributed by atoms with van der Waals surface area (Å²) in [6.45, 7) is 0. The molecular formula is C21H19N3O4. The number of pyridine rings is 1. The fourth-order valence-corrected chi connectivity index (χ4v) is 2.54. The van der Waals surface area contributed by atoms with E-state index < -0.39 is 11.9 Å². The summed E-state index contributed by atoms with van der Waals surface area (Å²) in [7, 11) is 2.90. The molecule has 0 aliphatic heterocycles. The van der Waals surface area contributed by atoms with Crippen molar-refractivity contribution in [2.45, 2.75) is 0 Å². The van der Waals surface area contributed by atoms with E-state index in [1.165, 1.54) is 7.11 Å². The first-order valence-corrected chi connectivity index (χ1v) is 8.46. The Morgan fingerprint density at radius 1 is 0.893 bits per heavy atom. The number of methoxy groups -OCH3 is 2. The number of carbonyl (C=O) groups excluding carboxylic acids is 2. The van der Waals surface area contributed by atoms with E-state index in [4.69, 9.17) is 4.74 Å². The SMILES string of the molecule is COC(=O)c1cccc(NC(=O)c2cc(Nc3cccc(OC)c3)ccn2)c1. The van der Waals surface area contributed by atoms with Gasteiger partial charge in [-0.1, -0.05) is 12.1 Å². The van der Waals surface area contributed by atoms with Gasteiger partial charge in [-0.3, -0.25) is 9.78 Å². The van der Waals surface area contributed by atoms with Crippen molar-refractivity contribution in [3.05, 3.63) is 78.1 Å². The van der Waals surface area contributed by atoms with Crippen molar-refractivity contribution < 1.29 is 19.1 Å². The predicted octanol–water partition coefficient (Wildman–Crippen LogP) is 3.87. The molecule has 7 heteroatoms. The standard InChI is InChI=1S/C21H19N3O4/c1-27-18-8-4-7-16(12-18)23-17-9-10-22-19(13-17)20(25)24-15-6-3-5-14(11-15)21(26)28-2/h3-13H,1-2H3,(H,22,23)(H,24,25). The second-order valence-corrected chi connectivity index (χ2v) is 5.81. The third kappa shape index (κ3) is 4.64. The smallest absolute Gasteiger partial charge is 0.337 e. The Bertz CT molecular complexity index is 1000. The number of hydrogen-bond acceptors (Lipinski definition) is 6. The molecule has 0 bridgehead atoms. The number of amides is 1. The lowest BCUT2D eigenvalue weighted by molar-refractivity contribution is 0.0600. The van der Waals surface area contributed by atoms with Crippen molar-refractivity contribution in [3.63, 3.8) is 0 Å². The van der Waals surface area contributed by atoms with Crippen molar-refractivity contribution in [2.75, 3.05) is 24.9 Å². The Hall–Kier alpha value is -3.87. The van der Waals surface area contributed by atoms with Gasteiger partial charge in [0, 0.05) is 29.3 Å². The molecule has 1 heterocycles. The largest absolute Gasteiger partial charge is 0.497 e. The van der Waals surface area contributed by atoms with Gasteiger partial charge in [0.2, 0.25) is 0 Å². The van der Waals surface area contributed by atoms with Gasteiger partial charge in [-0.2, -0.15) is 0 Å². The summed E-state index contributed by atoms with van der Waals surface area (Å²) in [5.74, 6) is -0.141. The van der Waals surface area contributed by atoms with E-state index in [0.29, 0.717) is 16.9 Å². The molecule has 142 valence electrons. The Morgan fingerprint density at radius 2 is 1.64 bits per heavy atom. The van der Waals surface area contributed by atoms with Gasteiger partial charge in [0.05, 0.1) is 19.8 Å². The number of anilines is 3. The van der Waals surface area contributed by atoms with E-state index in [9.17, 15) is 9.59 Å². The lowest BCUT2D eigenvalue weighted by atomic mass is 10.2. The average molecular weight is 377 g/mol. The van der Waals surface area contributed by atoms with Gasteiger partial charge in [0.1, 0.15) is 11.4 Å². The summed E-state index contributed by atoms with van der Waals surface area (Å²) in [5.41, 5.74) is 2.58. The molecule has 7 nitrogen and oxygen atoms in total. The van der Waals surface area contributed by atoms with E-state index >= 15 is 0 Å². The minimum Gasteiger partial charge on any atom is -0.497 e. The molecule has 0 unspecified atom stereocenters. The second kappa shape index (κ2) is 8.68. The maximum absolute atomic E-state index is 12.5. The summed E-state index contributed by atoms with van der Waals surface area (Å²) in [6.07, 6.45) is 1.54. The summed E-state index contributed by atoms with van der Waals surface area (Å²) in [6, 6.07) is 17.3. The first-order chi connectivity index (χ1) is 13.6. The van der Waals surface area contributed by atoms with Crippen molar-refractivity contribution in [1.29, 1.82) is 0 Å². The van der Waals surface area contributed by atoms with Crippen molar-refractivity contribution >= 4 is 28.9 Å². The quantitative estimate of drug-likeness (QED) is 0.634. The molecule has 28 heavy (non-hydrogen) atoms. The molecule has 2 aromatic carbocycles. The molecule has 0 atom stereocenters. The Labute approximate surface area is 162 Å². The van der Waals surface area contributed by atoms with Gasteiger partial charge in [0.25, 0.3) is 5.91 Å². The lowest BCUT2D eigenvalue weighted by Crippen LogP contribution is -2.14.